The van der Waals surface area contributed by atoms with Crippen molar-refractivity contribution in [2.24, 2.45) is 5.73 Å². The Labute approximate surface area is 225 Å². The molecule has 2 aromatic carbocycles. The second-order valence-corrected chi connectivity index (χ2v) is 9.98. The Morgan fingerprint density at radius 2 is 2.03 bits per heavy atom. The molecule has 196 valence electrons. The Bertz CT molecular complexity index is 1400. The first-order chi connectivity index (χ1) is 18.3. The van der Waals surface area contributed by atoms with E-state index in [1.165, 1.54) is 12.3 Å². The van der Waals surface area contributed by atoms with Gasteiger partial charge in [-0.1, -0.05) is 41.9 Å². The van der Waals surface area contributed by atoms with Crippen LogP contribution in [0.1, 0.15) is 45.8 Å². The minimum absolute atomic E-state index is 0.152. The molecule has 3 heterocycles. The van der Waals surface area contributed by atoms with Crippen LogP contribution in [0.15, 0.2) is 60.8 Å². The number of halogens is 1. The van der Waals surface area contributed by atoms with Crippen molar-refractivity contribution in [3.8, 4) is 0 Å². The van der Waals surface area contributed by atoms with E-state index in [4.69, 9.17) is 22.1 Å². The van der Waals surface area contributed by atoms with Crippen LogP contribution in [-0.4, -0.2) is 47.9 Å². The summed E-state index contributed by atoms with van der Waals surface area (Å²) in [5.74, 6) is -1.20. The third kappa shape index (κ3) is 4.77. The zero-order valence-electron chi connectivity index (χ0n) is 20.9. The molecule has 0 bridgehead atoms. The third-order valence-electron chi connectivity index (χ3n) is 7.19. The van der Waals surface area contributed by atoms with Gasteiger partial charge in [0, 0.05) is 41.5 Å². The molecule has 1 saturated heterocycles. The molecule has 0 aliphatic carbocycles. The molecule has 3 amide bonds. The minimum Gasteiger partial charge on any atom is -0.436 e. The van der Waals surface area contributed by atoms with Gasteiger partial charge in [-0.2, -0.15) is 0 Å². The predicted octanol–water partition coefficient (Wildman–Crippen LogP) is 4.28. The van der Waals surface area contributed by atoms with Crippen molar-refractivity contribution in [3.63, 3.8) is 0 Å². The van der Waals surface area contributed by atoms with Crippen molar-refractivity contribution >= 4 is 41.0 Å². The Morgan fingerprint density at radius 1 is 1.24 bits per heavy atom. The number of anilines is 2. The molecular formula is C28H28ClN5O4. The van der Waals surface area contributed by atoms with Crippen LogP contribution < -0.4 is 16.4 Å². The van der Waals surface area contributed by atoms with Gasteiger partial charge in [0.05, 0.1) is 18.2 Å². The number of likely N-dealkylation sites (tertiary alicyclic amines) is 1. The maximum Gasteiger partial charge on any atom is 0.412 e. The second kappa shape index (κ2) is 10.3. The topological polar surface area (TPSA) is 127 Å². The number of pyridine rings is 1. The lowest BCUT2D eigenvalue weighted by Crippen LogP contribution is -2.54. The zero-order chi connectivity index (χ0) is 26.9. The molecule has 9 nitrogen and oxygen atoms in total. The monoisotopic (exact) mass is 533 g/mol. The summed E-state index contributed by atoms with van der Waals surface area (Å²) in [4.78, 5) is 45.4. The number of carbonyl (C=O) groups excluding carboxylic acids is 3. The van der Waals surface area contributed by atoms with Crippen LogP contribution in [0.2, 0.25) is 5.02 Å². The van der Waals surface area contributed by atoms with E-state index in [0.29, 0.717) is 47.9 Å². The minimum atomic E-state index is -1.04. The number of aromatic nitrogens is 1. The van der Waals surface area contributed by atoms with Crippen molar-refractivity contribution in [2.45, 2.75) is 30.8 Å². The van der Waals surface area contributed by atoms with E-state index < -0.39 is 23.5 Å². The Kier molecular flexibility index (Phi) is 6.94. The van der Waals surface area contributed by atoms with Gasteiger partial charge in [-0.3, -0.25) is 14.9 Å². The van der Waals surface area contributed by atoms with Gasteiger partial charge in [0.2, 0.25) is 11.8 Å². The number of nitrogens with zero attached hydrogens (tertiary/aromatic N) is 2. The molecule has 5 rings (SSSR count). The summed E-state index contributed by atoms with van der Waals surface area (Å²) in [5, 5.41) is 6.25. The van der Waals surface area contributed by atoms with Crippen molar-refractivity contribution in [3.05, 3.63) is 88.1 Å². The Balaban J connectivity index is 1.57. The second-order valence-electron chi connectivity index (χ2n) is 9.54. The van der Waals surface area contributed by atoms with Gasteiger partial charge >= 0.3 is 6.09 Å². The molecule has 0 unspecified atom stereocenters. The number of amides is 3. The first-order valence-corrected chi connectivity index (χ1v) is 12.8. The standard InChI is InChI=1S/C28H28ClN5O4/c1-31-25-23(19(24(30)35)10-12-32-25)20(14-17-6-3-2-4-7-17)26(36)34-13-5-11-28(16-34)21-15-18(29)8-9-22(21)33-27(37)38-28/h2-4,6-10,12,15,20H,5,11,13-14,16H2,1H3,(H2,30,35)(H,31,32)(H,33,37)/t20-,28-/m0/s1. The van der Waals surface area contributed by atoms with Crippen LogP contribution in [0.4, 0.5) is 16.3 Å². The largest absolute Gasteiger partial charge is 0.436 e. The number of hydrogen-bond acceptors (Lipinski definition) is 6. The van der Waals surface area contributed by atoms with Gasteiger partial charge in [0.15, 0.2) is 5.60 Å². The fourth-order valence-corrected chi connectivity index (χ4v) is 5.68. The highest BCUT2D eigenvalue weighted by molar-refractivity contribution is 6.30. The van der Waals surface area contributed by atoms with Crippen LogP contribution in [0.3, 0.4) is 0 Å². The van der Waals surface area contributed by atoms with Crippen molar-refractivity contribution < 1.29 is 19.1 Å². The van der Waals surface area contributed by atoms with E-state index in [9.17, 15) is 14.4 Å². The Morgan fingerprint density at radius 3 is 2.76 bits per heavy atom. The molecule has 10 heteroatoms. The number of carbonyl (C=O) groups is 3. The lowest BCUT2D eigenvalue weighted by Gasteiger charge is -2.45. The number of primary amides is 1. The van der Waals surface area contributed by atoms with E-state index in [2.05, 4.69) is 15.6 Å². The molecule has 1 fully saturated rings. The van der Waals surface area contributed by atoms with Crippen LogP contribution in [-0.2, 0) is 21.6 Å². The summed E-state index contributed by atoms with van der Waals surface area (Å²) in [5.41, 5.74) is 7.65. The van der Waals surface area contributed by atoms with Crippen LogP contribution >= 0.6 is 11.6 Å². The molecule has 0 saturated carbocycles. The van der Waals surface area contributed by atoms with Gasteiger partial charge in [-0.05, 0) is 49.1 Å². The summed E-state index contributed by atoms with van der Waals surface area (Å²) in [7, 11) is 1.69. The van der Waals surface area contributed by atoms with Gasteiger partial charge < -0.3 is 20.7 Å². The lowest BCUT2D eigenvalue weighted by atomic mass is 9.82. The van der Waals surface area contributed by atoms with E-state index in [0.717, 1.165) is 11.1 Å². The van der Waals surface area contributed by atoms with E-state index in [1.807, 2.05) is 30.3 Å². The lowest BCUT2D eigenvalue weighted by molar-refractivity contribution is -0.140. The first kappa shape index (κ1) is 25.5. The highest BCUT2D eigenvalue weighted by Crippen LogP contribution is 2.44. The molecule has 1 aromatic heterocycles. The van der Waals surface area contributed by atoms with E-state index in [-0.39, 0.29) is 18.0 Å². The van der Waals surface area contributed by atoms with E-state index >= 15 is 0 Å². The third-order valence-corrected chi connectivity index (χ3v) is 7.42. The highest BCUT2D eigenvalue weighted by Gasteiger charge is 2.47. The Hall–Kier alpha value is -4.11. The molecule has 3 aromatic rings. The molecular weight excluding hydrogens is 506 g/mol. The normalized spacial score (nSPS) is 19.2. The highest BCUT2D eigenvalue weighted by atomic mass is 35.5. The summed E-state index contributed by atoms with van der Waals surface area (Å²) in [6.07, 6.45) is 2.40. The molecule has 1 spiro atoms. The van der Waals surface area contributed by atoms with Crippen molar-refractivity contribution in [1.82, 2.24) is 9.88 Å². The van der Waals surface area contributed by atoms with Crippen LogP contribution in [0.5, 0.6) is 0 Å². The number of rotatable bonds is 6. The molecule has 2 aliphatic heterocycles. The first-order valence-electron chi connectivity index (χ1n) is 12.4. The molecule has 38 heavy (non-hydrogen) atoms. The number of piperidine rings is 1. The average Bonchev–Trinajstić information content (AvgIpc) is 2.92. The fraction of sp³-hybridized carbons (Fsp3) is 0.286. The number of nitrogens with two attached hydrogens (primary N) is 1. The van der Waals surface area contributed by atoms with Crippen LogP contribution in [0.25, 0.3) is 0 Å². The molecule has 2 aliphatic rings. The number of benzene rings is 2. The quantitative estimate of drug-likeness (QED) is 0.434. The average molecular weight is 534 g/mol. The number of fused-ring (bicyclic) bond motifs is 2. The number of ether oxygens (including phenoxy) is 1. The van der Waals surface area contributed by atoms with Crippen molar-refractivity contribution in [1.29, 1.82) is 0 Å². The number of nitrogens with one attached hydrogen (secondary N) is 2. The maximum absolute atomic E-state index is 14.4. The summed E-state index contributed by atoms with van der Waals surface area (Å²) in [6, 6.07) is 16.3. The fourth-order valence-electron chi connectivity index (χ4n) is 5.51. The maximum atomic E-state index is 14.4. The van der Waals surface area contributed by atoms with Crippen LogP contribution in [0, 0.1) is 0 Å². The smallest absolute Gasteiger partial charge is 0.412 e. The number of hydrogen-bond donors (Lipinski definition) is 3. The van der Waals surface area contributed by atoms with Gasteiger partial charge in [-0.15, -0.1) is 0 Å². The summed E-state index contributed by atoms with van der Waals surface area (Å²) < 4.78 is 5.89. The molecule has 4 N–H and O–H groups in total. The van der Waals surface area contributed by atoms with Gasteiger partial charge in [0.25, 0.3) is 0 Å². The zero-order valence-corrected chi connectivity index (χ0v) is 21.6. The summed E-state index contributed by atoms with van der Waals surface area (Å²) in [6.45, 7) is 0.618. The SMILES string of the molecule is CNc1nccc(C(N)=O)c1[C@H](Cc1ccccc1)C(=O)N1CCC[C@@]2(C1)OC(=O)Nc1ccc(Cl)cc12. The molecule has 2 atom stereocenters. The van der Waals surface area contributed by atoms with Crippen molar-refractivity contribution in [2.75, 3.05) is 30.8 Å². The predicted molar refractivity (Wildman–Crippen MR) is 144 cm³/mol. The van der Waals surface area contributed by atoms with Gasteiger partial charge in [-0.25, -0.2) is 9.78 Å². The van der Waals surface area contributed by atoms with Gasteiger partial charge in [0.1, 0.15) is 5.82 Å². The summed E-state index contributed by atoms with van der Waals surface area (Å²) >= 11 is 6.31. The molecule has 0 radical (unpaired) electrons. The van der Waals surface area contributed by atoms with E-state index in [1.54, 1.807) is 30.1 Å².